The van der Waals surface area contributed by atoms with Crippen LogP contribution in [-0.2, 0) is 11.2 Å². The highest BCUT2D eigenvalue weighted by Gasteiger charge is 2.15. The summed E-state index contributed by atoms with van der Waals surface area (Å²) in [5.74, 6) is 0.333. The molecular formula is C14H21NO2. The number of amides is 1. The van der Waals surface area contributed by atoms with Gasteiger partial charge in [0.15, 0.2) is 0 Å². The standard InChI is InChI=1S/C14H21NO2/c1-10(2)9-12-5-7-13(8-6-12)15(4)14(17)11(3)16/h5-8,10-11,16H,9H2,1-4H3. The lowest BCUT2D eigenvalue weighted by Gasteiger charge is -2.19. The molecular weight excluding hydrogens is 214 g/mol. The lowest BCUT2D eigenvalue weighted by molar-refractivity contribution is -0.125. The summed E-state index contributed by atoms with van der Waals surface area (Å²) in [6, 6.07) is 7.89. The average Bonchev–Trinajstić information content (AvgIpc) is 2.27. The third-order valence-electron chi connectivity index (χ3n) is 2.66. The van der Waals surface area contributed by atoms with Gasteiger partial charge >= 0.3 is 0 Å². The maximum atomic E-state index is 11.6. The molecule has 94 valence electrons. The van der Waals surface area contributed by atoms with Crippen LogP contribution in [0.1, 0.15) is 26.3 Å². The first-order valence-corrected chi connectivity index (χ1v) is 5.96. The number of likely N-dealkylation sites (N-methyl/N-ethyl adjacent to an activating group) is 1. The predicted octanol–water partition coefficient (Wildman–Crippen LogP) is 2.23. The van der Waals surface area contributed by atoms with Gasteiger partial charge in [0, 0.05) is 12.7 Å². The molecule has 0 aliphatic carbocycles. The molecule has 0 bridgehead atoms. The number of carbonyl (C=O) groups is 1. The van der Waals surface area contributed by atoms with Crippen molar-refractivity contribution in [1.82, 2.24) is 0 Å². The number of aliphatic hydroxyl groups is 1. The molecule has 0 aromatic heterocycles. The zero-order valence-electron chi connectivity index (χ0n) is 11.0. The summed E-state index contributed by atoms with van der Waals surface area (Å²) in [5, 5.41) is 9.23. The largest absolute Gasteiger partial charge is 0.384 e. The van der Waals surface area contributed by atoms with E-state index in [1.165, 1.54) is 17.4 Å². The molecule has 1 aromatic carbocycles. The summed E-state index contributed by atoms with van der Waals surface area (Å²) in [5.41, 5.74) is 2.07. The lowest BCUT2D eigenvalue weighted by atomic mass is 10.0. The second kappa shape index (κ2) is 5.82. The molecule has 3 heteroatoms. The van der Waals surface area contributed by atoms with E-state index in [4.69, 9.17) is 0 Å². The highest BCUT2D eigenvalue weighted by molar-refractivity contribution is 5.95. The molecule has 17 heavy (non-hydrogen) atoms. The second-order valence-electron chi connectivity index (χ2n) is 4.84. The minimum atomic E-state index is -0.963. The quantitative estimate of drug-likeness (QED) is 0.869. The molecule has 0 saturated heterocycles. The summed E-state index contributed by atoms with van der Waals surface area (Å²) in [4.78, 5) is 13.1. The van der Waals surface area contributed by atoms with E-state index < -0.39 is 6.10 Å². The topological polar surface area (TPSA) is 40.5 Å². The van der Waals surface area contributed by atoms with Crippen molar-refractivity contribution in [2.24, 2.45) is 5.92 Å². The third-order valence-corrected chi connectivity index (χ3v) is 2.66. The molecule has 1 aromatic rings. The van der Waals surface area contributed by atoms with E-state index in [1.54, 1.807) is 7.05 Å². The molecule has 1 N–H and O–H groups in total. The fourth-order valence-corrected chi connectivity index (χ4v) is 1.73. The van der Waals surface area contributed by atoms with Crippen LogP contribution >= 0.6 is 0 Å². The first-order valence-electron chi connectivity index (χ1n) is 5.96. The SMILES string of the molecule is CC(C)Cc1ccc(N(C)C(=O)C(C)O)cc1. The number of aliphatic hydroxyl groups excluding tert-OH is 1. The van der Waals surface area contributed by atoms with Gasteiger partial charge in [-0.1, -0.05) is 26.0 Å². The molecule has 0 aliphatic rings. The summed E-state index contributed by atoms with van der Waals surface area (Å²) < 4.78 is 0. The van der Waals surface area contributed by atoms with Crippen molar-refractivity contribution in [3.8, 4) is 0 Å². The molecule has 0 saturated carbocycles. The van der Waals surface area contributed by atoms with E-state index >= 15 is 0 Å². The Morgan fingerprint density at radius 3 is 2.18 bits per heavy atom. The van der Waals surface area contributed by atoms with E-state index in [9.17, 15) is 9.90 Å². The van der Waals surface area contributed by atoms with Crippen LogP contribution in [0.25, 0.3) is 0 Å². The Labute approximate surface area is 103 Å². The average molecular weight is 235 g/mol. The molecule has 1 atom stereocenters. The van der Waals surface area contributed by atoms with Gasteiger partial charge in [-0.25, -0.2) is 0 Å². The van der Waals surface area contributed by atoms with Crippen LogP contribution in [0.4, 0.5) is 5.69 Å². The van der Waals surface area contributed by atoms with E-state index in [-0.39, 0.29) is 5.91 Å². The van der Waals surface area contributed by atoms with Crippen LogP contribution in [0.2, 0.25) is 0 Å². The fraction of sp³-hybridized carbons (Fsp3) is 0.500. The zero-order valence-corrected chi connectivity index (χ0v) is 11.0. The minimum absolute atomic E-state index is 0.290. The Balaban J connectivity index is 2.77. The van der Waals surface area contributed by atoms with E-state index in [0.717, 1.165) is 12.1 Å². The number of rotatable bonds is 4. The Kier molecular flexibility index (Phi) is 4.70. The molecule has 0 aliphatic heterocycles. The molecule has 1 amide bonds. The van der Waals surface area contributed by atoms with Crippen LogP contribution in [0.3, 0.4) is 0 Å². The zero-order chi connectivity index (χ0) is 13.0. The van der Waals surface area contributed by atoms with Crippen LogP contribution in [0.5, 0.6) is 0 Å². The number of nitrogens with zero attached hydrogens (tertiary/aromatic N) is 1. The van der Waals surface area contributed by atoms with Gasteiger partial charge in [-0.2, -0.15) is 0 Å². The van der Waals surface area contributed by atoms with Crippen LogP contribution in [0, 0.1) is 5.92 Å². The molecule has 0 radical (unpaired) electrons. The van der Waals surface area contributed by atoms with E-state index in [2.05, 4.69) is 13.8 Å². The molecule has 0 spiro atoms. The van der Waals surface area contributed by atoms with Crippen molar-refractivity contribution in [1.29, 1.82) is 0 Å². The van der Waals surface area contributed by atoms with Crippen molar-refractivity contribution < 1.29 is 9.90 Å². The summed E-state index contributed by atoms with van der Waals surface area (Å²) in [7, 11) is 1.67. The Bertz CT molecular complexity index is 368. The van der Waals surface area contributed by atoms with E-state index in [0.29, 0.717) is 5.92 Å². The summed E-state index contributed by atoms with van der Waals surface area (Å²) in [6.45, 7) is 5.83. The first kappa shape index (κ1) is 13.7. The van der Waals surface area contributed by atoms with E-state index in [1.807, 2.05) is 24.3 Å². The second-order valence-corrected chi connectivity index (χ2v) is 4.84. The third kappa shape index (κ3) is 3.86. The van der Waals surface area contributed by atoms with Crippen molar-refractivity contribution >= 4 is 11.6 Å². The normalized spacial score (nSPS) is 12.6. The van der Waals surface area contributed by atoms with Gasteiger partial charge in [0.1, 0.15) is 6.10 Å². The molecule has 3 nitrogen and oxygen atoms in total. The van der Waals surface area contributed by atoms with Gasteiger partial charge < -0.3 is 10.0 Å². The number of carbonyl (C=O) groups excluding carboxylic acids is 1. The number of hydrogen-bond acceptors (Lipinski definition) is 2. The van der Waals surface area contributed by atoms with Crippen molar-refractivity contribution in [3.63, 3.8) is 0 Å². The van der Waals surface area contributed by atoms with Crippen molar-refractivity contribution in [3.05, 3.63) is 29.8 Å². The number of anilines is 1. The van der Waals surface area contributed by atoms with Gasteiger partial charge in [0.2, 0.25) is 0 Å². The molecule has 1 unspecified atom stereocenters. The molecule has 0 heterocycles. The summed E-state index contributed by atoms with van der Waals surface area (Å²) in [6.07, 6.45) is 0.0734. The molecule has 1 rings (SSSR count). The number of benzene rings is 1. The Morgan fingerprint density at radius 2 is 1.76 bits per heavy atom. The smallest absolute Gasteiger partial charge is 0.255 e. The van der Waals surface area contributed by atoms with Crippen molar-refractivity contribution in [2.75, 3.05) is 11.9 Å². The monoisotopic (exact) mass is 235 g/mol. The van der Waals surface area contributed by atoms with Gasteiger partial charge in [0.25, 0.3) is 5.91 Å². The highest BCUT2D eigenvalue weighted by Crippen LogP contribution is 2.16. The predicted molar refractivity (Wildman–Crippen MR) is 70.1 cm³/mol. The lowest BCUT2D eigenvalue weighted by Crippen LogP contribution is -2.34. The van der Waals surface area contributed by atoms with Crippen LogP contribution in [0.15, 0.2) is 24.3 Å². The maximum absolute atomic E-state index is 11.6. The highest BCUT2D eigenvalue weighted by atomic mass is 16.3. The van der Waals surface area contributed by atoms with Crippen LogP contribution in [-0.4, -0.2) is 24.2 Å². The number of hydrogen-bond donors (Lipinski definition) is 1. The summed E-state index contributed by atoms with van der Waals surface area (Å²) >= 11 is 0. The Morgan fingerprint density at radius 1 is 1.24 bits per heavy atom. The minimum Gasteiger partial charge on any atom is -0.384 e. The first-order chi connectivity index (χ1) is 7.91. The maximum Gasteiger partial charge on any atom is 0.255 e. The molecule has 0 fully saturated rings. The van der Waals surface area contributed by atoms with Crippen LogP contribution < -0.4 is 4.90 Å². The van der Waals surface area contributed by atoms with Crippen molar-refractivity contribution in [2.45, 2.75) is 33.3 Å². The van der Waals surface area contributed by atoms with Gasteiger partial charge in [-0.3, -0.25) is 4.79 Å². The van der Waals surface area contributed by atoms with Gasteiger partial charge in [-0.05, 0) is 37.0 Å². The van der Waals surface area contributed by atoms with Gasteiger partial charge in [0.05, 0.1) is 0 Å². The fourth-order valence-electron chi connectivity index (χ4n) is 1.73. The Hall–Kier alpha value is -1.35. The van der Waals surface area contributed by atoms with Gasteiger partial charge in [-0.15, -0.1) is 0 Å².